The third kappa shape index (κ3) is 3.59. The van der Waals surface area contributed by atoms with Crippen molar-refractivity contribution in [3.63, 3.8) is 0 Å². The SMILES string of the molecule is CCCNC(=O)NCc1ccno1. The van der Waals surface area contributed by atoms with Gasteiger partial charge in [0.05, 0.1) is 12.7 Å². The van der Waals surface area contributed by atoms with Crippen molar-refractivity contribution in [1.82, 2.24) is 15.8 Å². The standard InChI is InChI=1S/C8H13N3O2/c1-2-4-9-8(12)10-6-7-3-5-11-13-7/h3,5H,2,4,6H2,1H3,(H2,9,10,12). The number of hydrogen-bond acceptors (Lipinski definition) is 3. The zero-order valence-corrected chi connectivity index (χ0v) is 7.54. The van der Waals surface area contributed by atoms with Crippen LogP contribution in [0.5, 0.6) is 0 Å². The average Bonchev–Trinajstić information content (AvgIpc) is 2.64. The van der Waals surface area contributed by atoms with Gasteiger partial charge in [-0.15, -0.1) is 0 Å². The molecule has 5 nitrogen and oxygen atoms in total. The molecule has 0 saturated carbocycles. The maximum atomic E-state index is 11.0. The smallest absolute Gasteiger partial charge is 0.315 e. The summed E-state index contributed by atoms with van der Waals surface area (Å²) in [6.45, 7) is 3.05. The molecule has 0 aromatic carbocycles. The first-order valence-electron chi connectivity index (χ1n) is 4.24. The molecule has 0 radical (unpaired) electrons. The normalized spacial score (nSPS) is 9.62. The van der Waals surface area contributed by atoms with Gasteiger partial charge in [-0.05, 0) is 6.42 Å². The summed E-state index contributed by atoms with van der Waals surface area (Å²) in [6.07, 6.45) is 2.47. The van der Waals surface area contributed by atoms with Crippen LogP contribution in [0.15, 0.2) is 16.8 Å². The van der Waals surface area contributed by atoms with E-state index in [-0.39, 0.29) is 6.03 Å². The lowest BCUT2D eigenvalue weighted by atomic mass is 10.4. The van der Waals surface area contributed by atoms with E-state index in [0.29, 0.717) is 18.8 Å². The summed E-state index contributed by atoms with van der Waals surface area (Å²) in [7, 11) is 0. The summed E-state index contributed by atoms with van der Waals surface area (Å²) in [5, 5.41) is 8.83. The summed E-state index contributed by atoms with van der Waals surface area (Å²) in [5.41, 5.74) is 0. The van der Waals surface area contributed by atoms with Gasteiger partial charge in [0.15, 0.2) is 5.76 Å². The largest absolute Gasteiger partial charge is 0.360 e. The summed E-state index contributed by atoms with van der Waals surface area (Å²) in [4.78, 5) is 11.0. The van der Waals surface area contributed by atoms with E-state index in [4.69, 9.17) is 4.52 Å². The molecule has 1 aromatic rings. The zero-order valence-electron chi connectivity index (χ0n) is 7.54. The van der Waals surface area contributed by atoms with Gasteiger partial charge in [0.1, 0.15) is 0 Å². The second-order valence-corrected chi connectivity index (χ2v) is 2.59. The number of nitrogens with one attached hydrogen (secondary N) is 2. The van der Waals surface area contributed by atoms with E-state index in [1.54, 1.807) is 12.3 Å². The van der Waals surface area contributed by atoms with Crippen molar-refractivity contribution in [3.05, 3.63) is 18.0 Å². The van der Waals surface area contributed by atoms with Crippen LogP contribution in [0.4, 0.5) is 4.79 Å². The van der Waals surface area contributed by atoms with Crippen LogP contribution in [0.25, 0.3) is 0 Å². The first-order valence-corrected chi connectivity index (χ1v) is 4.24. The van der Waals surface area contributed by atoms with E-state index in [1.807, 2.05) is 6.92 Å². The van der Waals surface area contributed by atoms with Crippen molar-refractivity contribution in [2.75, 3.05) is 6.54 Å². The van der Waals surface area contributed by atoms with E-state index in [9.17, 15) is 4.79 Å². The highest BCUT2D eigenvalue weighted by molar-refractivity contribution is 5.73. The molecule has 0 saturated heterocycles. The molecule has 1 rings (SSSR count). The van der Waals surface area contributed by atoms with E-state index in [2.05, 4.69) is 15.8 Å². The van der Waals surface area contributed by atoms with E-state index in [1.165, 1.54) is 0 Å². The molecule has 0 fully saturated rings. The lowest BCUT2D eigenvalue weighted by Gasteiger charge is -2.03. The summed E-state index contributed by atoms with van der Waals surface area (Å²) >= 11 is 0. The highest BCUT2D eigenvalue weighted by Crippen LogP contribution is 1.94. The third-order valence-electron chi connectivity index (χ3n) is 1.45. The molecule has 72 valence electrons. The van der Waals surface area contributed by atoms with Crippen molar-refractivity contribution >= 4 is 6.03 Å². The summed E-state index contributed by atoms with van der Waals surface area (Å²) in [5.74, 6) is 0.645. The van der Waals surface area contributed by atoms with Crippen LogP contribution in [0.3, 0.4) is 0 Å². The molecule has 13 heavy (non-hydrogen) atoms. The Morgan fingerprint density at radius 2 is 2.46 bits per heavy atom. The van der Waals surface area contributed by atoms with Crippen LogP contribution in [-0.2, 0) is 6.54 Å². The second kappa shape index (κ2) is 5.18. The highest BCUT2D eigenvalue weighted by atomic mass is 16.5. The molecule has 2 N–H and O–H groups in total. The van der Waals surface area contributed by atoms with Gasteiger partial charge in [0.2, 0.25) is 0 Å². The fraction of sp³-hybridized carbons (Fsp3) is 0.500. The Morgan fingerprint density at radius 3 is 3.08 bits per heavy atom. The summed E-state index contributed by atoms with van der Waals surface area (Å²) < 4.78 is 4.80. The molecule has 2 amide bonds. The number of urea groups is 1. The van der Waals surface area contributed by atoms with Crippen molar-refractivity contribution in [2.24, 2.45) is 0 Å². The van der Waals surface area contributed by atoms with E-state index in [0.717, 1.165) is 6.42 Å². The molecule has 0 bridgehead atoms. The lowest BCUT2D eigenvalue weighted by molar-refractivity contribution is 0.239. The number of nitrogens with zero attached hydrogens (tertiary/aromatic N) is 1. The molecular weight excluding hydrogens is 170 g/mol. The van der Waals surface area contributed by atoms with Crippen LogP contribution >= 0.6 is 0 Å². The van der Waals surface area contributed by atoms with Gasteiger partial charge in [-0.2, -0.15) is 0 Å². The van der Waals surface area contributed by atoms with E-state index >= 15 is 0 Å². The molecule has 0 spiro atoms. The maximum Gasteiger partial charge on any atom is 0.315 e. The predicted molar refractivity (Wildman–Crippen MR) is 47.0 cm³/mol. The lowest BCUT2D eigenvalue weighted by Crippen LogP contribution is -2.35. The van der Waals surface area contributed by atoms with E-state index < -0.39 is 0 Å². The molecule has 0 aliphatic carbocycles. The number of hydrogen-bond donors (Lipinski definition) is 2. The molecular formula is C8H13N3O2. The van der Waals surface area contributed by atoms with Crippen LogP contribution < -0.4 is 10.6 Å². The Kier molecular flexibility index (Phi) is 3.81. The van der Waals surface area contributed by atoms with Gasteiger partial charge in [-0.1, -0.05) is 12.1 Å². The highest BCUT2D eigenvalue weighted by Gasteiger charge is 2.00. The fourth-order valence-corrected chi connectivity index (χ4v) is 0.802. The van der Waals surface area contributed by atoms with Crippen molar-refractivity contribution < 1.29 is 9.32 Å². The maximum absolute atomic E-state index is 11.0. The third-order valence-corrected chi connectivity index (χ3v) is 1.45. The number of amides is 2. The molecule has 0 atom stereocenters. The van der Waals surface area contributed by atoms with Crippen LogP contribution in [0, 0.1) is 0 Å². The van der Waals surface area contributed by atoms with Gasteiger partial charge >= 0.3 is 6.03 Å². The fourth-order valence-electron chi connectivity index (χ4n) is 0.802. The Labute approximate surface area is 76.5 Å². The van der Waals surface area contributed by atoms with Crippen molar-refractivity contribution in [1.29, 1.82) is 0 Å². The Balaban J connectivity index is 2.15. The number of carbonyl (C=O) groups excluding carboxylic acids is 1. The molecule has 5 heteroatoms. The first kappa shape index (κ1) is 9.57. The first-order chi connectivity index (χ1) is 6.33. The number of carbonyl (C=O) groups is 1. The topological polar surface area (TPSA) is 67.2 Å². The van der Waals surface area contributed by atoms with Crippen LogP contribution in [0.2, 0.25) is 0 Å². The van der Waals surface area contributed by atoms with Gasteiger partial charge in [0, 0.05) is 12.6 Å². The van der Waals surface area contributed by atoms with Crippen molar-refractivity contribution in [3.8, 4) is 0 Å². The molecule has 0 aliphatic rings. The molecule has 0 aliphatic heterocycles. The molecule has 1 aromatic heterocycles. The van der Waals surface area contributed by atoms with Gasteiger partial charge in [-0.3, -0.25) is 0 Å². The Bertz CT molecular complexity index is 246. The predicted octanol–water partition coefficient (Wildman–Crippen LogP) is 0.884. The second-order valence-electron chi connectivity index (χ2n) is 2.59. The molecule has 0 unspecified atom stereocenters. The summed E-state index contributed by atoms with van der Waals surface area (Å²) in [6, 6.07) is 1.53. The van der Waals surface area contributed by atoms with Gasteiger partial charge < -0.3 is 15.2 Å². The van der Waals surface area contributed by atoms with Crippen LogP contribution in [-0.4, -0.2) is 17.7 Å². The van der Waals surface area contributed by atoms with Crippen LogP contribution in [0.1, 0.15) is 19.1 Å². The van der Waals surface area contributed by atoms with Gasteiger partial charge in [0.25, 0.3) is 0 Å². The van der Waals surface area contributed by atoms with Gasteiger partial charge in [-0.25, -0.2) is 4.79 Å². The Hall–Kier alpha value is -1.52. The minimum Gasteiger partial charge on any atom is -0.360 e. The number of aromatic nitrogens is 1. The minimum atomic E-state index is -0.182. The minimum absolute atomic E-state index is 0.182. The quantitative estimate of drug-likeness (QED) is 0.728. The molecule has 1 heterocycles. The zero-order chi connectivity index (χ0) is 9.52. The average molecular weight is 183 g/mol. The van der Waals surface area contributed by atoms with Crippen molar-refractivity contribution in [2.45, 2.75) is 19.9 Å². The number of rotatable bonds is 4. The Morgan fingerprint density at radius 1 is 1.62 bits per heavy atom. The monoisotopic (exact) mass is 183 g/mol.